The number of alkyl halides is 1. The average Bonchev–Trinajstić information content (AvgIpc) is 1.92. The van der Waals surface area contributed by atoms with Crippen molar-refractivity contribution in [3.05, 3.63) is 0 Å². The lowest BCUT2D eigenvalue weighted by atomic mass is 9.69. The van der Waals surface area contributed by atoms with Gasteiger partial charge in [0, 0.05) is 5.38 Å². The van der Waals surface area contributed by atoms with Gasteiger partial charge in [0.1, 0.15) is 0 Å². The summed E-state index contributed by atoms with van der Waals surface area (Å²) in [4.78, 5) is 0. The van der Waals surface area contributed by atoms with E-state index < -0.39 is 0 Å². The van der Waals surface area contributed by atoms with Crippen LogP contribution in [-0.4, -0.2) is 5.38 Å². The molecule has 0 aliphatic heterocycles. The molecule has 0 heterocycles. The zero-order valence-corrected chi connectivity index (χ0v) is 9.49. The van der Waals surface area contributed by atoms with E-state index >= 15 is 0 Å². The summed E-state index contributed by atoms with van der Waals surface area (Å²) in [5, 5.41) is 0.434. The first-order valence-corrected chi connectivity index (χ1v) is 5.49. The van der Waals surface area contributed by atoms with Gasteiger partial charge >= 0.3 is 0 Å². The minimum absolute atomic E-state index is 0.434. The zero-order valence-electron chi connectivity index (χ0n) is 8.73. The normalized spacial score (nSPS) is 38.2. The predicted octanol–water partition coefficient (Wildman–Crippen LogP) is 4.08. The molecule has 1 rings (SSSR count). The van der Waals surface area contributed by atoms with Gasteiger partial charge in [0.15, 0.2) is 0 Å². The lowest BCUT2D eigenvalue weighted by molar-refractivity contribution is 0.151. The maximum Gasteiger partial charge on any atom is 0.0361 e. The molecule has 0 aromatic rings. The van der Waals surface area contributed by atoms with Crippen molar-refractivity contribution < 1.29 is 0 Å². The van der Waals surface area contributed by atoms with Gasteiger partial charge in [0.25, 0.3) is 0 Å². The average molecular weight is 189 g/mol. The molecule has 72 valence electrons. The molecule has 3 atom stereocenters. The van der Waals surface area contributed by atoms with E-state index in [4.69, 9.17) is 11.6 Å². The fourth-order valence-corrected chi connectivity index (χ4v) is 2.37. The lowest BCUT2D eigenvalue weighted by Crippen LogP contribution is -2.30. The van der Waals surface area contributed by atoms with Crippen LogP contribution in [0.5, 0.6) is 0 Å². The topological polar surface area (TPSA) is 0 Å². The molecule has 0 aromatic carbocycles. The first kappa shape index (κ1) is 10.4. The molecule has 0 N–H and O–H groups in total. The van der Waals surface area contributed by atoms with E-state index in [1.54, 1.807) is 0 Å². The molecule has 1 aliphatic carbocycles. The highest BCUT2D eigenvalue weighted by atomic mass is 35.5. The molecule has 0 saturated heterocycles. The Morgan fingerprint density at radius 3 is 2.17 bits per heavy atom. The van der Waals surface area contributed by atoms with Crippen molar-refractivity contribution >= 4 is 11.6 Å². The van der Waals surface area contributed by atoms with E-state index in [-0.39, 0.29) is 0 Å². The van der Waals surface area contributed by atoms with E-state index in [0.29, 0.717) is 16.7 Å². The summed E-state index contributed by atoms with van der Waals surface area (Å²) in [6.45, 7) is 9.33. The summed E-state index contributed by atoms with van der Waals surface area (Å²) in [5.74, 6) is 1.59. The third-order valence-corrected chi connectivity index (χ3v) is 3.94. The molecule has 0 aromatic heterocycles. The Morgan fingerprint density at radius 2 is 1.75 bits per heavy atom. The fourth-order valence-electron chi connectivity index (χ4n) is 2.15. The maximum atomic E-state index is 6.18. The van der Waals surface area contributed by atoms with Crippen molar-refractivity contribution in [2.24, 2.45) is 17.3 Å². The Bertz CT molecular complexity index is 146. The summed E-state index contributed by atoms with van der Waals surface area (Å²) in [7, 11) is 0. The Balaban J connectivity index is 2.51. The molecule has 0 nitrogen and oxygen atoms in total. The second kappa shape index (κ2) is 3.57. The van der Waals surface area contributed by atoms with Crippen molar-refractivity contribution in [1.82, 2.24) is 0 Å². The Morgan fingerprint density at radius 1 is 1.17 bits per heavy atom. The molecular formula is C11H21Cl. The van der Waals surface area contributed by atoms with Crippen LogP contribution >= 0.6 is 11.6 Å². The SMILES string of the molecule is CC1CC(C(C)(C)C)CCC1Cl. The summed E-state index contributed by atoms with van der Waals surface area (Å²) >= 11 is 6.18. The number of hydrogen-bond acceptors (Lipinski definition) is 0. The number of halogens is 1. The summed E-state index contributed by atoms with van der Waals surface area (Å²) in [6.07, 6.45) is 3.85. The van der Waals surface area contributed by atoms with Crippen LogP contribution in [0.1, 0.15) is 47.0 Å². The van der Waals surface area contributed by atoms with Crippen molar-refractivity contribution in [1.29, 1.82) is 0 Å². The second-order valence-electron chi connectivity index (χ2n) is 5.37. The molecule has 0 radical (unpaired) electrons. The van der Waals surface area contributed by atoms with Crippen LogP contribution in [0.15, 0.2) is 0 Å². The minimum Gasteiger partial charge on any atom is -0.123 e. The maximum absolute atomic E-state index is 6.18. The standard InChI is InChI=1S/C11H21Cl/c1-8-7-9(11(2,3)4)5-6-10(8)12/h8-10H,5-7H2,1-4H3. The first-order valence-electron chi connectivity index (χ1n) is 5.05. The van der Waals surface area contributed by atoms with Crippen LogP contribution in [0.4, 0.5) is 0 Å². The summed E-state index contributed by atoms with van der Waals surface area (Å²) < 4.78 is 0. The quantitative estimate of drug-likeness (QED) is 0.503. The highest BCUT2D eigenvalue weighted by Gasteiger charge is 2.32. The molecule has 0 spiro atoms. The van der Waals surface area contributed by atoms with E-state index in [1.807, 2.05) is 0 Å². The van der Waals surface area contributed by atoms with Gasteiger partial charge in [-0.2, -0.15) is 0 Å². The Hall–Kier alpha value is 0.290. The van der Waals surface area contributed by atoms with Gasteiger partial charge in [0.2, 0.25) is 0 Å². The van der Waals surface area contributed by atoms with Crippen LogP contribution in [0.2, 0.25) is 0 Å². The largest absolute Gasteiger partial charge is 0.123 e. The molecule has 0 amide bonds. The van der Waals surface area contributed by atoms with E-state index in [9.17, 15) is 0 Å². The molecule has 1 saturated carbocycles. The summed E-state index contributed by atoms with van der Waals surface area (Å²) in [5.41, 5.74) is 0.477. The first-order chi connectivity index (χ1) is 5.41. The number of hydrogen-bond donors (Lipinski definition) is 0. The van der Waals surface area contributed by atoms with Gasteiger partial charge in [0.05, 0.1) is 0 Å². The molecule has 1 aliphatic rings. The monoisotopic (exact) mass is 188 g/mol. The van der Waals surface area contributed by atoms with Gasteiger partial charge in [-0.25, -0.2) is 0 Å². The molecule has 12 heavy (non-hydrogen) atoms. The van der Waals surface area contributed by atoms with Crippen molar-refractivity contribution in [2.75, 3.05) is 0 Å². The van der Waals surface area contributed by atoms with Crippen molar-refractivity contribution in [3.63, 3.8) is 0 Å². The van der Waals surface area contributed by atoms with Gasteiger partial charge < -0.3 is 0 Å². The third-order valence-electron chi connectivity index (χ3n) is 3.29. The predicted molar refractivity (Wildman–Crippen MR) is 55.6 cm³/mol. The minimum atomic E-state index is 0.434. The highest BCUT2D eigenvalue weighted by Crippen LogP contribution is 2.41. The van der Waals surface area contributed by atoms with Crippen molar-refractivity contribution in [2.45, 2.75) is 52.3 Å². The highest BCUT2D eigenvalue weighted by molar-refractivity contribution is 6.20. The Kier molecular flexibility index (Phi) is 3.09. The third kappa shape index (κ3) is 2.39. The van der Waals surface area contributed by atoms with Crippen LogP contribution in [0, 0.1) is 17.3 Å². The van der Waals surface area contributed by atoms with Crippen LogP contribution in [0.25, 0.3) is 0 Å². The van der Waals surface area contributed by atoms with E-state index in [1.165, 1.54) is 19.3 Å². The van der Waals surface area contributed by atoms with Crippen LogP contribution in [-0.2, 0) is 0 Å². The van der Waals surface area contributed by atoms with Gasteiger partial charge in [-0.1, -0.05) is 27.7 Å². The van der Waals surface area contributed by atoms with E-state index in [0.717, 1.165) is 5.92 Å². The smallest absolute Gasteiger partial charge is 0.0361 e. The van der Waals surface area contributed by atoms with Crippen LogP contribution in [0.3, 0.4) is 0 Å². The number of rotatable bonds is 0. The molecular weight excluding hydrogens is 168 g/mol. The van der Waals surface area contributed by atoms with Crippen molar-refractivity contribution in [3.8, 4) is 0 Å². The molecule has 1 heteroatoms. The molecule has 3 unspecified atom stereocenters. The van der Waals surface area contributed by atoms with Crippen LogP contribution < -0.4 is 0 Å². The fraction of sp³-hybridized carbons (Fsp3) is 1.00. The second-order valence-corrected chi connectivity index (χ2v) is 5.93. The van der Waals surface area contributed by atoms with Gasteiger partial charge in [-0.15, -0.1) is 11.6 Å². The molecule has 1 fully saturated rings. The lowest BCUT2D eigenvalue weighted by Gasteiger charge is -2.38. The molecule has 0 bridgehead atoms. The van der Waals surface area contributed by atoms with E-state index in [2.05, 4.69) is 27.7 Å². The van der Waals surface area contributed by atoms with Gasteiger partial charge in [-0.05, 0) is 36.5 Å². The Labute approximate surface area is 81.7 Å². The zero-order chi connectivity index (χ0) is 9.35. The van der Waals surface area contributed by atoms with Gasteiger partial charge in [-0.3, -0.25) is 0 Å². The summed E-state index contributed by atoms with van der Waals surface area (Å²) in [6, 6.07) is 0.